The molecule has 0 spiro atoms. The van der Waals surface area contributed by atoms with Gasteiger partial charge in [0.2, 0.25) is 0 Å². The molecular formula is C14H31N3. The molecule has 1 rings (SSSR count). The largest absolute Gasteiger partial charge is 0.317 e. The second-order valence-corrected chi connectivity index (χ2v) is 5.68. The molecule has 1 saturated heterocycles. The lowest BCUT2D eigenvalue weighted by molar-refractivity contribution is 0.251. The van der Waals surface area contributed by atoms with Crippen LogP contribution in [-0.2, 0) is 0 Å². The fourth-order valence-electron chi connectivity index (χ4n) is 2.84. The molecule has 1 aliphatic rings. The minimum absolute atomic E-state index is 0.761. The van der Waals surface area contributed by atoms with Gasteiger partial charge in [-0.15, -0.1) is 0 Å². The molecule has 0 bridgehead atoms. The summed E-state index contributed by atoms with van der Waals surface area (Å²) in [6, 6.07) is 0.761. The van der Waals surface area contributed by atoms with Crippen LogP contribution in [0.25, 0.3) is 0 Å². The summed E-state index contributed by atoms with van der Waals surface area (Å²) in [4.78, 5) is 5.03. The van der Waals surface area contributed by atoms with Crippen molar-refractivity contribution < 1.29 is 0 Å². The number of nitrogens with one attached hydrogen (secondary N) is 1. The van der Waals surface area contributed by atoms with Gasteiger partial charge in [-0.2, -0.15) is 0 Å². The lowest BCUT2D eigenvalue weighted by Gasteiger charge is -2.22. The number of likely N-dealkylation sites (tertiary alicyclic amines) is 1. The molecule has 1 aliphatic heterocycles. The van der Waals surface area contributed by atoms with E-state index in [1.165, 1.54) is 45.4 Å². The summed E-state index contributed by atoms with van der Waals surface area (Å²) in [6.45, 7) is 10.7. The third-order valence-corrected chi connectivity index (χ3v) is 3.89. The first kappa shape index (κ1) is 14.9. The van der Waals surface area contributed by atoms with E-state index in [0.29, 0.717) is 0 Å². The Morgan fingerprint density at radius 1 is 1.18 bits per heavy atom. The summed E-state index contributed by atoms with van der Waals surface area (Å²) in [5.74, 6) is 0.826. The first-order valence-electron chi connectivity index (χ1n) is 7.24. The summed E-state index contributed by atoms with van der Waals surface area (Å²) in [5.41, 5.74) is 0. The highest BCUT2D eigenvalue weighted by Crippen LogP contribution is 2.20. The summed E-state index contributed by atoms with van der Waals surface area (Å²) in [6.07, 6.45) is 4.05. The lowest BCUT2D eigenvalue weighted by Crippen LogP contribution is -2.34. The van der Waals surface area contributed by atoms with Crippen molar-refractivity contribution in [1.82, 2.24) is 15.1 Å². The van der Waals surface area contributed by atoms with E-state index in [9.17, 15) is 0 Å². The van der Waals surface area contributed by atoms with Gasteiger partial charge < -0.3 is 15.1 Å². The zero-order valence-electron chi connectivity index (χ0n) is 12.2. The SMILES string of the molecule is CCNCCCCCN1CC(C)C(N(C)C)C1. The van der Waals surface area contributed by atoms with Crippen LogP contribution < -0.4 is 5.32 Å². The van der Waals surface area contributed by atoms with E-state index in [1.807, 2.05) is 0 Å². The molecule has 3 heteroatoms. The Morgan fingerprint density at radius 2 is 1.94 bits per heavy atom. The molecule has 2 unspecified atom stereocenters. The zero-order chi connectivity index (χ0) is 12.7. The van der Waals surface area contributed by atoms with Crippen LogP contribution in [0.1, 0.15) is 33.1 Å². The molecule has 0 saturated carbocycles. The molecule has 0 aliphatic carbocycles. The minimum Gasteiger partial charge on any atom is -0.317 e. The molecule has 2 atom stereocenters. The van der Waals surface area contributed by atoms with Gasteiger partial charge in [0.1, 0.15) is 0 Å². The Morgan fingerprint density at radius 3 is 2.53 bits per heavy atom. The van der Waals surface area contributed by atoms with Crippen molar-refractivity contribution in [2.75, 3.05) is 46.8 Å². The van der Waals surface area contributed by atoms with Gasteiger partial charge in [0, 0.05) is 19.1 Å². The predicted octanol–water partition coefficient (Wildman–Crippen LogP) is 1.65. The third kappa shape index (κ3) is 5.36. The normalized spacial score (nSPS) is 25.9. The molecule has 1 fully saturated rings. The molecule has 0 amide bonds. The first-order chi connectivity index (χ1) is 8.15. The average molecular weight is 241 g/mol. The van der Waals surface area contributed by atoms with Crippen molar-refractivity contribution in [1.29, 1.82) is 0 Å². The summed E-state index contributed by atoms with van der Waals surface area (Å²) in [7, 11) is 4.42. The van der Waals surface area contributed by atoms with E-state index in [4.69, 9.17) is 0 Å². The molecule has 17 heavy (non-hydrogen) atoms. The van der Waals surface area contributed by atoms with E-state index in [1.54, 1.807) is 0 Å². The first-order valence-corrected chi connectivity index (χ1v) is 7.24. The summed E-state index contributed by atoms with van der Waals surface area (Å²) >= 11 is 0. The highest BCUT2D eigenvalue weighted by molar-refractivity contribution is 4.86. The van der Waals surface area contributed by atoms with Crippen molar-refractivity contribution in [3.63, 3.8) is 0 Å². The van der Waals surface area contributed by atoms with Crippen molar-refractivity contribution in [2.45, 2.75) is 39.2 Å². The predicted molar refractivity (Wildman–Crippen MR) is 75.5 cm³/mol. The van der Waals surface area contributed by atoms with E-state index >= 15 is 0 Å². The minimum atomic E-state index is 0.761. The highest BCUT2D eigenvalue weighted by Gasteiger charge is 2.30. The Bertz CT molecular complexity index is 194. The van der Waals surface area contributed by atoms with Crippen molar-refractivity contribution in [2.24, 2.45) is 5.92 Å². The second-order valence-electron chi connectivity index (χ2n) is 5.68. The van der Waals surface area contributed by atoms with Crippen molar-refractivity contribution in [3.8, 4) is 0 Å². The van der Waals surface area contributed by atoms with Gasteiger partial charge in [0.25, 0.3) is 0 Å². The Labute approximate surface area is 108 Å². The average Bonchev–Trinajstić information content (AvgIpc) is 2.65. The molecule has 1 N–H and O–H groups in total. The fourth-order valence-corrected chi connectivity index (χ4v) is 2.84. The lowest BCUT2D eigenvalue weighted by atomic mass is 10.1. The highest BCUT2D eigenvalue weighted by atomic mass is 15.2. The van der Waals surface area contributed by atoms with Gasteiger partial charge >= 0.3 is 0 Å². The third-order valence-electron chi connectivity index (χ3n) is 3.89. The molecule has 102 valence electrons. The number of likely N-dealkylation sites (N-methyl/N-ethyl adjacent to an activating group) is 1. The quantitative estimate of drug-likeness (QED) is 0.652. The molecule has 0 aromatic heterocycles. The van der Waals surface area contributed by atoms with Crippen molar-refractivity contribution >= 4 is 0 Å². The van der Waals surface area contributed by atoms with Gasteiger partial charge in [-0.3, -0.25) is 0 Å². The number of hydrogen-bond donors (Lipinski definition) is 1. The molecule has 1 heterocycles. The summed E-state index contributed by atoms with van der Waals surface area (Å²) < 4.78 is 0. The van der Waals surface area contributed by atoms with Gasteiger partial charge in [-0.1, -0.05) is 20.3 Å². The molecule has 0 radical (unpaired) electrons. The second kappa shape index (κ2) is 8.06. The molecular weight excluding hydrogens is 210 g/mol. The Hall–Kier alpha value is -0.120. The zero-order valence-corrected chi connectivity index (χ0v) is 12.2. The molecule has 0 aromatic carbocycles. The smallest absolute Gasteiger partial charge is 0.0254 e. The van der Waals surface area contributed by atoms with E-state index in [0.717, 1.165) is 18.5 Å². The van der Waals surface area contributed by atoms with Crippen LogP contribution in [0.5, 0.6) is 0 Å². The Balaban J connectivity index is 2.05. The maximum atomic E-state index is 3.39. The van der Waals surface area contributed by atoms with Gasteiger partial charge in [-0.05, 0) is 52.5 Å². The van der Waals surface area contributed by atoms with Crippen molar-refractivity contribution in [3.05, 3.63) is 0 Å². The van der Waals surface area contributed by atoms with Crippen LogP contribution in [0.2, 0.25) is 0 Å². The molecule has 3 nitrogen and oxygen atoms in total. The van der Waals surface area contributed by atoms with Crippen LogP contribution in [-0.4, -0.2) is 62.7 Å². The number of hydrogen-bond acceptors (Lipinski definition) is 3. The van der Waals surface area contributed by atoms with Crippen LogP contribution in [0.4, 0.5) is 0 Å². The van der Waals surface area contributed by atoms with Crippen LogP contribution in [0, 0.1) is 5.92 Å². The Kier molecular flexibility index (Phi) is 7.09. The maximum absolute atomic E-state index is 3.39. The number of rotatable bonds is 8. The van der Waals surface area contributed by atoms with Gasteiger partial charge in [0.15, 0.2) is 0 Å². The number of unbranched alkanes of at least 4 members (excludes halogenated alkanes) is 2. The number of nitrogens with zero attached hydrogens (tertiary/aromatic N) is 2. The van der Waals surface area contributed by atoms with E-state index in [-0.39, 0.29) is 0 Å². The van der Waals surface area contributed by atoms with Gasteiger partial charge in [0.05, 0.1) is 0 Å². The van der Waals surface area contributed by atoms with Crippen LogP contribution in [0.3, 0.4) is 0 Å². The van der Waals surface area contributed by atoms with E-state index in [2.05, 4.69) is 43.1 Å². The standard InChI is InChI=1S/C14H31N3/c1-5-15-9-7-6-8-10-17-11-13(2)14(12-17)16(3)4/h13-15H,5-12H2,1-4H3. The topological polar surface area (TPSA) is 18.5 Å². The van der Waals surface area contributed by atoms with Gasteiger partial charge in [-0.25, -0.2) is 0 Å². The maximum Gasteiger partial charge on any atom is 0.0254 e. The monoisotopic (exact) mass is 241 g/mol. The fraction of sp³-hybridized carbons (Fsp3) is 1.00. The summed E-state index contributed by atoms with van der Waals surface area (Å²) in [5, 5.41) is 3.39. The van der Waals surface area contributed by atoms with Crippen LogP contribution >= 0.6 is 0 Å². The van der Waals surface area contributed by atoms with Crippen LogP contribution in [0.15, 0.2) is 0 Å². The molecule has 0 aromatic rings. The van der Waals surface area contributed by atoms with E-state index < -0.39 is 0 Å².